The molecule has 1 aromatic heterocycles. The Balaban J connectivity index is 1.29. The van der Waals surface area contributed by atoms with E-state index in [1.807, 2.05) is 42.5 Å². The first-order valence-corrected chi connectivity index (χ1v) is 11.0. The van der Waals surface area contributed by atoms with Crippen LogP contribution in [0.25, 0.3) is 10.8 Å². The third-order valence-corrected chi connectivity index (χ3v) is 7.13. The molecule has 2 bridgehead atoms. The molecule has 6 rings (SSSR count). The quantitative estimate of drug-likeness (QED) is 0.487. The van der Waals surface area contributed by atoms with E-state index in [0.29, 0.717) is 11.4 Å². The number of nitrogens with zero attached hydrogens (tertiary/aromatic N) is 1. The normalized spacial score (nSPS) is 26.7. The molecule has 2 fully saturated rings. The lowest BCUT2D eigenvalue weighted by Gasteiger charge is -2.26. The van der Waals surface area contributed by atoms with Crippen LogP contribution in [0.15, 0.2) is 77.4 Å². The molecule has 2 aliphatic carbocycles. The Hall–Kier alpha value is -3.67. The van der Waals surface area contributed by atoms with E-state index in [-0.39, 0.29) is 47.8 Å². The Labute approximate surface area is 184 Å². The minimum atomic E-state index is -0.759. The molecule has 0 radical (unpaired) electrons. The summed E-state index contributed by atoms with van der Waals surface area (Å²) in [6.07, 6.45) is 6.44. The highest BCUT2D eigenvalue weighted by Crippen LogP contribution is 2.54. The van der Waals surface area contributed by atoms with Crippen LogP contribution in [0.5, 0.6) is 0 Å². The second-order valence-corrected chi connectivity index (χ2v) is 8.86. The number of fused-ring (bicyclic) bond motifs is 6. The minimum absolute atomic E-state index is 0.0591. The molecule has 1 saturated heterocycles. The van der Waals surface area contributed by atoms with Crippen LogP contribution in [-0.4, -0.2) is 22.6 Å². The van der Waals surface area contributed by atoms with Crippen LogP contribution in [0.4, 0.5) is 5.69 Å². The van der Waals surface area contributed by atoms with Gasteiger partial charge in [0.05, 0.1) is 24.5 Å². The summed E-state index contributed by atoms with van der Waals surface area (Å²) in [5, 5.41) is 4.92. The van der Waals surface area contributed by atoms with E-state index in [0.717, 1.165) is 17.2 Å². The summed E-state index contributed by atoms with van der Waals surface area (Å²) in [4.78, 5) is 41.1. The molecule has 2 heterocycles. The van der Waals surface area contributed by atoms with Crippen molar-refractivity contribution in [2.24, 2.45) is 23.7 Å². The van der Waals surface area contributed by atoms with Crippen molar-refractivity contribution in [3.63, 3.8) is 0 Å². The van der Waals surface area contributed by atoms with Crippen molar-refractivity contribution < 1.29 is 18.8 Å². The van der Waals surface area contributed by atoms with Crippen LogP contribution in [-0.2, 0) is 14.4 Å². The number of carbonyl (C=O) groups excluding carboxylic acids is 3. The first kappa shape index (κ1) is 19.0. The maximum Gasteiger partial charge on any atom is 0.234 e. The molecule has 3 aromatic rings. The van der Waals surface area contributed by atoms with E-state index in [2.05, 4.69) is 17.5 Å². The summed E-state index contributed by atoms with van der Waals surface area (Å²) in [5.74, 6) is -0.581. The lowest BCUT2D eigenvalue weighted by molar-refractivity contribution is -0.144. The maximum absolute atomic E-state index is 13.3. The second kappa shape index (κ2) is 7.19. The minimum Gasteiger partial charge on any atom is -0.467 e. The van der Waals surface area contributed by atoms with Gasteiger partial charge in [0.25, 0.3) is 0 Å². The predicted octanol–water partition coefficient (Wildman–Crippen LogP) is 4.31. The van der Waals surface area contributed by atoms with Crippen molar-refractivity contribution in [3.8, 4) is 0 Å². The van der Waals surface area contributed by atoms with E-state index in [9.17, 15) is 14.4 Å². The number of carbonyl (C=O) groups is 3. The average Bonchev–Trinajstić information content (AvgIpc) is 3.58. The number of rotatable bonds is 5. The number of benzene rings is 2. The molecule has 5 atom stereocenters. The Morgan fingerprint density at radius 3 is 2.41 bits per heavy atom. The number of hydrogen-bond donors (Lipinski definition) is 1. The third kappa shape index (κ3) is 2.83. The monoisotopic (exact) mass is 426 g/mol. The van der Waals surface area contributed by atoms with Gasteiger partial charge in [-0.1, -0.05) is 48.6 Å². The zero-order chi connectivity index (χ0) is 21.8. The van der Waals surface area contributed by atoms with Gasteiger partial charge in [-0.3, -0.25) is 19.3 Å². The molecule has 2 aromatic carbocycles. The van der Waals surface area contributed by atoms with Crippen LogP contribution >= 0.6 is 0 Å². The number of imide groups is 1. The number of furan rings is 1. The maximum atomic E-state index is 13.3. The molecule has 1 saturated carbocycles. The average molecular weight is 426 g/mol. The molecule has 3 amide bonds. The number of likely N-dealkylation sites (tertiary alicyclic amines) is 1. The topological polar surface area (TPSA) is 79.6 Å². The van der Waals surface area contributed by atoms with Crippen molar-refractivity contribution in [2.45, 2.75) is 18.9 Å². The van der Waals surface area contributed by atoms with Crippen molar-refractivity contribution in [3.05, 3.63) is 78.8 Å². The lowest BCUT2D eigenvalue weighted by Crippen LogP contribution is -2.38. The van der Waals surface area contributed by atoms with Crippen molar-refractivity contribution >= 4 is 34.2 Å². The highest BCUT2D eigenvalue weighted by atomic mass is 16.3. The second-order valence-electron chi connectivity index (χ2n) is 8.86. The Kier molecular flexibility index (Phi) is 4.28. The van der Waals surface area contributed by atoms with Gasteiger partial charge in [-0.25, -0.2) is 0 Å². The van der Waals surface area contributed by atoms with Gasteiger partial charge in [0, 0.05) is 11.1 Å². The van der Waals surface area contributed by atoms with Crippen LogP contribution < -0.4 is 5.32 Å². The molecule has 1 aliphatic heterocycles. The van der Waals surface area contributed by atoms with Crippen molar-refractivity contribution in [1.82, 2.24) is 4.90 Å². The fourth-order valence-corrected chi connectivity index (χ4v) is 5.74. The van der Waals surface area contributed by atoms with Gasteiger partial charge in [0.15, 0.2) is 0 Å². The smallest absolute Gasteiger partial charge is 0.234 e. The lowest BCUT2D eigenvalue weighted by atomic mass is 9.85. The van der Waals surface area contributed by atoms with Crippen LogP contribution in [0, 0.1) is 23.7 Å². The van der Waals surface area contributed by atoms with Gasteiger partial charge >= 0.3 is 0 Å². The number of allylic oxidation sites excluding steroid dienone is 2. The molecule has 6 heteroatoms. The summed E-state index contributed by atoms with van der Waals surface area (Å²) in [5.41, 5.74) is 0.699. The number of hydrogen-bond acceptors (Lipinski definition) is 4. The molecular weight excluding hydrogens is 404 g/mol. The summed E-state index contributed by atoms with van der Waals surface area (Å²) in [6, 6.07) is 16.2. The number of nitrogens with one attached hydrogen (secondary N) is 1. The van der Waals surface area contributed by atoms with Crippen molar-refractivity contribution in [1.29, 1.82) is 0 Å². The summed E-state index contributed by atoms with van der Waals surface area (Å²) in [6.45, 7) is 0. The van der Waals surface area contributed by atoms with Crippen molar-refractivity contribution in [2.75, 3.05) is 5.32 Å². The summed E-state index contributed by atoms with van der Waals surface area (Å²) < 4.78 is 5.58. The van der Waals surface area contributed by atoms with Gasteiger partial charge < -0.3 is 9.73 Å². The zero-order valence-electron chi connectivity index (χ0n) is 17.3. The summed E-state index contributed by atoms with van der Waals surface area (Å²) in [7, 11) is 0. The molecule has 160 valence electrons. The molecule has 6 nitrogen and oxygen atoms in total. The SMILES string of the molecule is O=C(CC(c1ccco1)N1C(=O)C2C3C=CC(C3)C2C1=O)Nc1cccc2ccccc12. The summed E-state index contributed by atoms with van der Waals surface area (Å²) >= 11 is 0. The van der Waals surface area contributed by atoms with Crippen LogP contribution in [0.2, 0.25) is 0 Å². The fraction of sp³-hybridized carbons (Fsp3) is 0.269. The van der Waals surface area contributed by atoms with Crippen LogP contribution in [0.1, 0.15) is 24.6 Å². The standard InChI is InChI=1S/C26H22N2O4/c29-22(27-19-8-3-6-15-5-1-2-7-18(15)19)14-20(21-9-4-12-32-21)28-25(30)23-16-10-11-17(13-16)24(23)26(28)31/h1-12,16-17,20,23-24H,13-14H2,(H,27,29). The van der Waals surface area contributed by atoms with Gasteiger partial charge in [0.2, 0.25) is 17.7 Å². The van der Waals surface area contributed by atoms with Crippen LogP contribution in [0.3, 0.4) is 0 Å². The number of anilines is 1. The first-order valence-electron chi connectivity index (χ1n) is 11.0. The molecule has 5 unspecified atom stereocenters. The third-order valence-electron chi connectivity index (χ3n) is 7.13. The van der Waals surface area contributed by atoms with Gasteiger partial charge in [-0.05, 0) is 41.8 Å². The Morgan fingerprint density at radius 1 is 0.969 bits per heavy atom. The largest absolute Gasteiger partial charge is 0.467 e. The van der Waals surface area contributed by atoms with E-state index in [1.54, 1.807) is 12.1 Å². The van der Waals surface area contributed by atoms with Gasteiger partial charge in [-0.2, -0.15) is 0 Å². The predicted molar refractivity (Wildman–Crippen MR) is 118 cm³/mol. The van der Waals surface area contributed by atoms with E-state index in [1.165, 1.54) is 11.2 Å². The Bertz CT molecular complexity index is 1230. The zero-order valence-corrected chi connectivity index (χ0v) is 17.3. The fourth-order valence-electron chi connectivity index (χ4n) is 5.74. The highest BCUT2D eigenvalue weighted by Gasteiger charge is 2.60. The number of amides is 3. The van der Waals surface area contributed by atoms with E-state index < -0.39 is 6.04 Å². The van der Waals surface area contributed by atoms with E-state index >= 15 is 0 Å². The molecule has 32 heavy (non-hydrogen) atoms. The molecule has 3 aliphatic rings. The van der Waals surface area contributed by atoms with Gasteiger partial charge in [0.1, 0.15) is 11.8 Å². The molecule has 1 N–H and O–H groups in total. The first-order chi connectivity index (χ1) is 15.6. The van der Waals surface area contributed by atoms with E-state index in [4.69, 9.17) is 4.42 Å². The van der Waals surface area contributed by atoms with Gasteiger partial charge in [-0.15, -0.1) is 0 Å². The Morgan fingerprint density at radius 2 is 1.69 bits per heavy atom. The molecular formula is C26H22N2O4. The highest BCUT2D eigenvalue weighted by molar-refractivity contribution is 6.07. The molecule has 0 spiro atoms.